The number of methoxy groups -OCH3 is 1. The predicted molar refractivity (Wildman–Crippen MR) is 96.4 cm³/mol. The zero-order valence-electron chi connectivity index (χ0n) is 14.5. The molecule has 4 rings (SSSR count). The first-order valence-corrected chi connectivity index (χ1v) is 8.25. The lowest BCUT2D eigenvalue weighted by Gasteiger charge is -2.18. The van der Waals surface area contributed by atoms with Crippen molar-refractivity contribution in [3.8, 4) is 17.2 Å². The number of rotatable bonds is 4. The van der Waals surface area contributed by atoms with Gasteiger partial charge in [0, 0.05) is 17.8 Å². The summed E-state index contributed by atoms with van der Waals surface area (Å²) in [7, 11) is 1.54. The van der Waals surface area contributed by atoms with Gasteiger partial charge >= 0.3 is 0 Å². The first kappa shape index (κ1) is 16.8. The van der Waals surface area contributed by atoms with Crippen LogP contribution in [-0.2, 0) is 11.3 Å². The number of carbonyl (C=O) groups excluding carboxylic acids is 1. The van der Waals surface area contributed by atoms with E-state index < -0.39 is 11.5 Å². The number of amides is 1. The van der Waals surface area contributed by atoms with E-state index in [1.165, 1.54) is 0 Å². The lowest BCUT2D eigenvalue weighted by atomic mass is 10.2. The van der Waals surface area contributed by atoms with Crippen LogP contribution in [0.1, 0.15) is 0 Å². The Labute approximate surface area is 153 Å². The highest BCUT2D eigenvalue weighted by molar-refractivity contribution is 5.91. The quantitative estimate of drug-likeness (QED) is 0.738. The van der Waals surface area contributed by atoms with Gasteiger partial charge in [0.15, 0.2) is 11.5 Å². The maximum absolute atomic E-state index is 12.7. The Bertz CT molecular complexity index is 1080. The summed E-state index contributed by atoms with van der Waals surface area (Å²) in [6, 6.07) is 10.1. The van der Waals surface area contributed by atoms with Crippen LogP contribution >= 0.6 is 0 Å². The van der Waals surface area contributed by atoms with Gasteiger partial charge in [0.2, 0.25) is 5.91 Å². The maximum atomic E-state index is 12.7. The number of hydrogen-bond donors (Lipinski definition) is 1. The van der Waals surface area contributed by atoms with Crippen molar-refractivity contribution in [3.05, 3.63) is 46.8 Å². The van der Waals surface area contributed by atoms with E-state index in [9.17, 15) is 9.59 Å². The fourth-order valence-corrected chi connectivity index (χ4v) is 2.75. The van der Waals surface area contributed by atoms with Crippen LogP contribution in [0.15, 0.2) is 41.2 Å². The van der Waals surface area contributed by atoms with E-state index in [0.29, 0.717) is 47.1 Å². The first-order chi connectivity index (χ1) is 13.1. The van der Waals surface area contributed by atoms with Crippen molar-refractivity contribution in [1.29, 1.82) is 0 Å². The Hall–Kier alpha value is -3.62. The van der Waals surface area contributed by atoms with Crippen LogP contribution in [0.25, 0.3) is 10.9 Å². The summed E-state index contributed by atoms with van der Waals surface area (Å²) in [5, 5.41) is 10.9. The van der Waals surface area contributed by atoms with Crippen molar-refractivity contribution < 1.29 is 19.0 Å². The molecule has 1 N–H and O–H groups in total. The Morgan fingerprint density at radius 1 is 1.22 bits per heavy atom. The second-order valence-corrected chi connectivity index (χ2v) is 5.85. The van der Waals surface area contributed by atoms with Gasteiger partial charge in [0.1, 0.15) is 31.0 Å². The first-order valence-electron chi connectivity index (χ1n) is 8.25. The zero-order chi connectivity index (χ0) is 18.8. The molecule has 2 aromatic carbocycles. The maximum Gasteiger partial charge on any atom is 0.278 e. The van der Waals surface area contributed by atoms with E-state index in [1.807, 2.05) is 0 Å². The smallest absolute Gasteiger partial charge is 0.278 e. The summed E-state index contributed by atoms with van der Waals surface area (Å²) in [5.74, 6) is 1.21. The van der Waals surface area contributed by atoms with Gasteiger partial charge in [-0.2, -0.15) is 0 Å². The number of anilines is 1. The molecule has 0 radical (unpaired) electrons. The van der Waals surface area contributed by atoms with Crippen LogP contribution in [0.2, 0.25) is 0 Å². The number of hydrogen-bond acceptors (Lipinski definition) is 7. The van der Waals surface area contributed by atoms with Crippen molar-refractivity contribution in [2.24, 2.45) is 0 Å². The van der Waals surface area contributed by atoms with Crippen LogP contribution in [-0.4, -0.2) is 41.2 Å². The van der Waals surface area contributed by atoms with E-state index in [2.05, 4.69) is 15.6 Å². The molecule has 0 atom stereocenters. The molecule has 0 aliphatic carbocycles. The Balaban J connectivity index is 1.59. The van der Waals surface area contributed by atoms with E-state index in [0.717, 1.165) is 4.68 Å². The highest BCUT2D eigenvalue weighted by Gasteiger charge is 2.17. The van der Waals surface area contributed by atoms with E-state index in [4.69, 9.17) is 14.2 Å². The summed E-state index contributed by atoms with van der Waals surface area (Å²) in [6.45, 7) is 0.578. The van der Waals surface area contributed by atoms with E-state index in [1.54, 1.807) is 43.5 Å². The lowest BCUT2D eigenvalue weighted by molar-refractivity contribution is -0.117. The molecule has 0 fully saturated rings. The largest absolute Gasteiger partial charge is 0.497 e. The molecular weight excluding hydrogens is 352 g/mol. The number of carbonyl (C=O) groups is 1. The summed E-state index contributed by atoms with van der Waals surface area (Å²) >= 11 is 0. The molecule has 0 spiro atoms. The normalized spacial score (nSPS) is 12.6. The van der Waals surface area contributed by atoms with Crippen LogP contribution < -0.4 is 25.1 Å². The highest BCUT2D eigenvalue weighted by Crippen LogP contribution is 2.32. The van der Waals surface area contributed by atoms with E-state index >= 15 is 0 Å². The molecule has 9 heteroatoms. The average molecular weight is 368 g/mol. The Morgan fingerprint density at radius 2 is 2.00 bits per heavy atom. The molecule has 0 unspecified atom stereocenters. The minimum absolute atomic E-state index is 0.270. The number of nitrogens with zero attached hydrogens (tertiary/aromatic N) is 3. The topological polar surface area (TPSA) is 105 Å². The van der Waals surface area contributed by atoms with Gasteiger partial charge < -0.3 is 19.5 Å². The molecule has 1 aromatic heterocycles. The molecule has 0 bridgehead atoms. The number of benzene rings is 2. The standard InChI is InChI=1S/C18H16N4O5/c1-25-12-4-2-3-11(7-12)19-17(23)10-22-18(24)13-8-15-16(27-6-5-26-15)9-14(13)20-21-22/h2-4,7-9H,5-6,10H2,1H3,(H,19,23). The van der Waals surface area contributed by atoms with Gasteiger partial charge in [0.05, 0.1) is 12.5 Å². The van der Waals surface area contributed by atoms with Gasteiger partial charge in [-0.25, -0.2) is 4.68 Å². The molecule has 1 aliphatic rings. The monoisotopic (exact) mass is 368 g/mol. The molecule has 27 heavy (non-hydrogen) atoms. The molecule has 3 aromatic rings. The fourth-order valence-electron chi connectivity index (χ4n) is 2.75. The number of aromatic nitrogens is 3. The summed E-state index contributed by atoms with van der Waals surface area (Å²) in [6.07, 6.45) is 0. The van der Waals surface area contributed by atoms with Crippen LogP contribution in [0.4, 0.5) is 5.69 Å². The molecule has 9 nitrogen and oxygen atoms in total. The Kier molecular flexibility index (Phi) is 4.33. The highest BCUT2D eigenvalue weighted by atomic mass is 16.6. The van der Waals surface area contributed by atoms with Crippen LogP contribution in [0, 0.1) is 0 Å². The third kappa shape index (κ3) is 3.39. The van der Waals surface area contributed by atoms with Gasteiger partial charge in [-0.1, -0.05) is 11.3 Å². The average Bonchev–Trinajstić information content (AvgIpc) is 2.69. The third-order valence-corrected chi connectivity index (χ3v) is 4.03. The predicted octanol–water partition coefficient (Wildman–Crippen LogP) is 1.21. The number of ether oxygens (including phenoxy) is 3. The summed E-state index contributed by atoms with van der Waals surface area (Å²) in [4.78, 5) is 24.9. The molecule has 1 amide bonds. The van der Waals surface area contributed by atoms with Gasteiger partial charge in [-0.05, 0) is 18.2 Å². The second kappa shape index (κ2) is 6.94. The third-order valence-electron chi connectivity index (χ3n) is 4.03. The molecule has 0 saturated carbocycles. The summed E-state index contributed by atoms with van der Waals surface area (Å²) < 4.78 is 17.1. The van der Waals surface area contributed by atoms with Gasteiger partial charge in [-0.15, -0.1) is 5.10 Å². The molecule has 1 aliphatic heterocycles. The van der Waals surface area contributed by atoms with Crippen molar-refractivity contribution in [2.75, 3.05) is 25.6 Å². The number of nitrogens with one attached hydrogen (secondary N) is 1. The van der Waals surface area contributed by atoms with Gasteiger partial charge in [0.25, 0.3) is 5.56 Å². The molecule has 2 heterocycles. The van der Waals surface area contributed by atoms with Gasteiger partial charge in [-0.3, -0.25) is 9.59 Å². The molecule has 0 saturated heterocycles. The molecular formula is C18H16N4O5. The Morgan fingerprint density at radius 3 is 2.78 bits per heavy atom. The zero-order valence-corrected chi connectivity index (χ0v) is 14.5. The minimum atomic E-state index is -0.433. The minimum Gasteiger partial charge on any atom is -0.497 e. The second-order valence-electron chi connectivity index (χ2n) is 5.85. The van der Waals surface area contributed by atoms with Crippen LogP contribution in [0.3, 0.4) is 0 Å². The fraction of sp³-hybridized carbons (Fsp3) is 0.222. The van der Waals surface area contributed by atoms with Crippen molar-refractivity contribution >= 4 is 22.5 Å². The lowest BCUT2D eigenvalue weighted by Crippen LogP contribution is -2.30. The van der Waals surface area contributed by atoms with Crippen LogP contribution in [0.5, 0.6) is 17.2 Å². The van der Waals surface area contributed by atoms with Crippen molar-refractivity contribution in [2.45, 2.75) is 6.54 Å². The van der Waals surface area contributed by atoms with Crippen molar-refractivity contribution in [3.63, 3.8) is 0 Å². The van der Waals surface area contributed by atoms with E-state index in [-0.39, 0.29) is 6.54 Å². The number of fused-ring (bicyclic) bond motifs is 2. The molecule has 138 valence electrons. The summed E-state index contributed by atoms with van der Waals surface area (Å²) in [5.41, 5.74) is 0.507. The SMILES string of the molecule is COc1cccc(NC(=O)Cn2nnc3cc4c(cc3c2=O)OCCO4)c1. The van der Waals surface area contributed by atoms with Crippen molar-refractivity contribution in [1.82, 2.24) is 15.0 Å².